The quantitative estimate of drug-likeness (QED) is 0.0480. The second-order valence-corrected chi connectivity index (χ2v) is 12.1. The van der Waals surface area contributed by atoms with E-state index in [-0.39, 0.29) is 0 Å². The standard InChI is InChI=1S/C32H66IN/c1-2-3-4-5-6-7-8-9-10-11-12-13-14-15-16-17-18-19-20-21-22-23-25-28-31-34-32-29-26-24-27-30-33/h34H,2-32H2,1H3. The van der Waals surface area contributed by atoms with Crippen LogP contribution in [0.4, 0.5) is 0 Å². The van der Waals surface area contributed by atoms with E-state index in [1.54, 1.807) is 0 Å². The Kier molecular flexibility index (Phi) is 34.4. The van der Waals surface area contributed by atoms with Gasteiger partial charge in [0.05, 0.1) is 0 Å². The third-order valence-electron chi connectivity index (χ3n) is 7.44. The van der Waals surface area contributed by atoms with Gasteiger partial charge in [-0.3, -0.25) is 0 Å². The molecule has 0 unspecified atom stereocenters. The molecule has 1 nitrogen and oxygen atoms in total. The maximum Gasteiger partial charge on any atom is -0.000473 e. The average Bonchev–Trinajstić information content (AvgIpc) is 2.85. The van der Waals surface area contributed by atoms with Crippen LogP contribution in [0.15, 0.2) is 0 Å². The Morgan fingerprint density at radius 2 is 0.559 bits per heavy atom. The fraction of sp³-hybridized carbons (Fsp3) is 1.00. The topological polar surface area (TPSA) is 12.0 Å². The molecule has 0 atom stereocenters. The summed E-state index contributed by atoms with van der Waals surface area (Å²) < 4.78 is 1.32. The summed E-state index contributed by atoms with van der Waals surface area (Å²) in [6.45, 7) is 4.78. The van der Waals surface area contributed by atoms with Gasteiger partial charge in [-0.15, -0.1) is 0 Å². The van der Waals surface area contributed by atoms with Crippen LogP contribution >= 0.6 is 22.6 Å². The smallest absolute Gasteiger partial charge is 0.000473 e. The number of rotatable bonds is 31. The molecule has 0 aliphatic rings. The minimum absolute atomic E-state index is 1.24. The van der Waals surface area contributed by atoms with Crippen molar-refractivity contribution in [3.8, 4) is 0 Å². The van der Waals surface area contributed by atoms with Crippen molar-refractivity contribution in [2.75, 3.05) is 17.5 Å². The average molecular weight is 592 g/mol. The maximum atomic E-state index is 3.63. The zero-order valence-electron chi connectivity index (χ0n) is 23.8. The Bertz CT molecular complexity index is 301. The number of nitrogens with one attached hydrogen (secondary N) is 1. The molecule has 0 aliphatic heterocycles. The van der Waals surface area contributed by atoms with Crippen LogP contribution in [-0.4, -0.2) is 17.5 Å². The van der Waals surface area contributed by atoms with E-state index in [1.807, 2.05) is 0 Å². The number of alkyl halides is 1. The van der Waals surface area contributed by atoms with E-state index in [9.17, 15) is 0 Å². The molecule has 0 aromatic heterocycles. The molecule has 0 rings (SSSR count). The first-order chi connectivity index (χ1) is 16.9. The van der Waals surface area contributed by atoms with Crippen molar-refractivity contribution in [1.82, 2.24) is 5.32 Å². The highest BCUT2D eigenvalue weighted by molar-refractivity contribution is 14.1. The zero-order valence-corrected chi connectivity index (χ0v) is 26.0. The van der Waals surface area contributed by atoms with Crippen LogP contribution in [0.25, 0.3) is 0 Å². The Hall–Kier alpha value is 0.690. The number of halogens is 1. The molecule has 34 heavy (non-hydrogen) atoms. The van der Waals surface area contributed by atoms with Gasteiger partial charge in [0.2, 0.25) is 0 Å². The molecule has 0 radical (unpaired) electrons. The van der Waals surface area contributed by atoms with Gasteiger partial charge in [0.15, 0.2) is 0 Å². The molecule has 2 heteroatoms. The third-order valence-corrected chi connectivity index (χ3v) is 8.21. The van der Waals surface area contributed by atoms with Crippen LogP contribution in [0, 0.1) is 0 Å². The summed E-state index contributed by atoms with van der Waals surface area (Å²) in [4.78, 5) is 0. The molecule has 0 aromatic carbocycles. The van der Waals surface area contributed by atoms with Crippen molar-refractivity contribution in [3.05, 3.63) is 0 Å². The van der Waals surface area contributed by atoms with Gasteiger partial charge < -0.3 is 5.32 Å². The lowest BCUT2D eigenvalue weighted by molar-refractivity contribution is 0.514. The van der Waals surface area contributed by atoms with Gasteiger partial charge in [-0.1, -0.05) is 190 Å². The second kappa shape index (κ2) is 33.7. The fourth-order valence-corrected chi connectivity index (χ4v) is 5.57. The van der Waals surface area contributed by atoms with E-state index in [4.69, 9.17) is 0 Å². The number of unbranched alkanes of at least 4 members (excludes halogenated alkanes) is 26. The highest BCUT2D eigenvalue weighted by Crippen LogP contribution is 2.15. The Labute approximate surface area is 231 Å². The van der Waals surface area contributed by atoms with Crippen LogP contribution in [0.2, 0.25) is 0 Å². The van der Waals surface area contributed by atoms with Crippen molar-refractivity contribution in [1.29, 1.82) is 0 Å². The van der Waals surface area contributed by atoms with Gasteiger partial charge >= 0.3 is 0 Å². The zero-order chi connectivity index (χ0) is 24.6. The summed E-state index contributed by atoms with van der Waals surface area (Å²) in [7, 11) is 0. The van der Waals surface area contributed by atoms with Gasteiger partial charge in [-0.2, -0.15) is 0 Å². The van der Waals surface area contributed by atoms with Gasteiger partial charge in [-0.05, 0) is 36.8 Å². The van der Waals surface area contributed by atoms with Crippen molar-refractivity contribution in [2.24, 2.45) is 0 Å². The summed E-state index contributed by atoms with van der Waals surface area (Å²) in [5.74, 6) is 0. The second-order valence-electron chi connectivity index (χ2n) is 11.0. The van der Waals surface area contributed by atoms with Crippen LogP contribution in [0.3, 0.4) is 0 Å². The first kappa shape index (κ1) is 34.7. The third kappa shape index (κ3) is 32.7. The highest BCUT2D eigenvalue weighted by Gasteiger charge is 1.96. The molecule has 206 valence electrons. The summed E-state index contributed by atoms with van der Waals surface area (Å²) >= 11 is 2.49. The Morgan fingerprint density at radius 3 is 0.824 bits per heavy atom. The first-order valence-electron chi connectivity index (χ1n) is 16.2. The predicted octanol–water partition coefficient (Wildman–Crippen LogP) is 12.0. The van der Waals surface area contributed by atoms with Crippen molar-refractivity contribution >= 4 is 22.6 Å². The highest BCUT2D eigenvalue weighted by atomic mass is 127. The normalized spacial score (nSPS) is 11.5. The van der Waals surface area contributed by atoms with Crippen molar-refractivity contribution in [3.63, 3.8) is 0 Å². The molecule has 1 N–H and O–H groups in total. The van der Waals surface area contributed by atoms with Crippen LogP contribution in [0.1, 0.15) is 187 Å². The van der Waals surface area contributed by atoms with E-state index in [1.165, 1.54) is 197 Å². The summed E-state index contributed by atoms with van der Waals surface area (Å²) in [6.07, 6.45) is 40.9. The van der Waals surface area contributed by atoms with E-state index < -0.39 is 0 Å². The van der Waals surface area contributed by atoms with E-state index in [2.05, 4.69) is 34.8 Å². The summed E-state index contributed by atoms with van der Waals surface area (Å²) in [6, 6.07) is 0. The lowest BCUT2D eigenvalue weighted by atomic mass is 10.0. The fourth-order valence-electron chi connectivity index (χ4n) is 5.04. The molecule has 0 amide bonds. The molecule has 0 aliphatic carbocycles. The number of hydrogen-bond acceptors (Lipinski definition) is 1. The molecule has 0 spiro atoms. The minimum atomic E-state index is 1.24. The van der Waals surface area contributed by atoms with Crippen LogP contribution in [-0.2, 0) is 0 Å². The Morgan fingerprint density at radius 1 is 0.324 bits per heavy atom. The van der Waals surface area contributed by atoms with Gasteiger partial charge in [0.25, 0.3) is 0 Å². The van der Waals surface area contributed by atoms with E-state index >= 15 is 0 Å². The summed E-state index contributed by atoms with van der Waals surface area (Å²) in [5.41, 5.74) is 0. The van der Waals surface area contributed by atoms with Crippen molar-refractivity contribution < 1.29 is 0 Å². The first-order valence-corrected chi connectivity index (χ1v) is 17.7. The molecular weight excluding hydrogens is 525 g/mol. The van der Waals surface area contributed by atoms with Gasteiger partial charge in [0.1, 0.15) is 0 Å². The van der Waals surface area contributed by atoms with Gasteiger partial charge in [-0.25, -0.2) is 0 Å². The van der Waals surface area contributed by atoms with Crippen LogP contribution < -0.4 is 5.32 Å². The van der Waals surface area contributed by atoms with E-state index in [0.717, 1.165) is 0 Å². The largest absolute Gasteiger partial charge is 0.317 e. The number of hydrogen-bond donors (Lipinski definition) is 1. The van der Waals surface area contributed by atoms with Crippen molar-refractivity contribution in [2.45, 2.75) is 187 Å². The van der Waals surface area contributed by atoms with Crippen LogP contribution in [0.5, 0.6) is 0 Å². The van der Waals surface area contributed by atoms with E-state index in [0.29, 0.717) is 0 Å². The predicted molar refractivity (Wildman–Crippen MR) is 167 cm³/mol. The molecule has 0 saturated heterocycles. The SMILES string of the molecule is CCCCCCCCCCCCCCCCCCCCCCCCCCNCCCCCCI. The molecule has 0 saturated carbocycles. The molecule has 0 aromatic rings. The lowest BCUT2D eigenvalue weighted by Crippen LogP contribution is -2.16. The molecule has 0 fully saturated rings. The lowest BCUT2D eigenvalue weighted by Gasteiger charge is -2.05. The summed E-state index contributed by atoms with van der Waals surface area (Å²) in [5, 5.41) is 3.63. The minimum Gasteiger partial charge on any atom is -0.317 e. The Balaban J connectivity index is 2.99. The molecular formula is C32H66IN. The maximum absolute atomic E-state index is 3.63. The molecule has 0 bridgehead atoms. The van der Waals surface area contributed by atoms with Gasteiger partial charge in [0, 0.05) is 0 Å². The monoisotopic (exact) mass is 591 g/mol. The molecule has 0 heterocycles.